The number of terminal acetylenes is 1. The molecule has 0 unspecified atom stereocenters. The molecule has 0 N–H and O–H groups in total. The summed E-state index contributed by atoms with van der Waals surface area (Å²) >= 11 is 0. The Labute approximate surface area is 91.5 Å². The Morgan fingerprint density at radius 1 is 1.27 bits per heavy atom. The number of hydrogen-bond acceptors (Lipinski definition) is 1. The van der Waals surface area contributed by atoms with E-state index in [0.29, 0.717) is 12.8 Å². The molecular formula is C14H16O. The summed E-state index contributed by atoms with van der Waals surface area (Å²) in [4.78, 5) is 11.8. The third kappa shape index (κ3) is 3.59. The van der Waals surface area contributed by atoms with Gasteiger partial charge in [-0.05, 0) is 32.4 Å². The van der Waals surface area contributed by atoms with Crippen LogP contribution < -0.4 is 0 Å². The first kappa shape index (κ1) is 11.5. The number of Topliss-reactive ketones (excluding diaryl/α,β-unsaturated/α-hetero) is 1. The van der Waals surface area contributed by atoms with Gasteiger partial charge in [0.05, 0.1) is 0 Å². The van der Waals surface area contributed by atoms with Crippen molar-refractivity contribution in [2.24, 2.45) is 0 Å². The van der Waals surface area contributed by atoms with Crippen LogP contribution in [-0.4, -0.2) is 5.78 Å². The van der Waals surface area contributed by atoms with Gasteiger partial charge >= 0.3 is 0 Å². The van der Waals surface area contributed by atoms with E-state index in [9.17, 15) is 4.79 Å². The molecule has 1 aromatic rings. The van der Waals surface area contributed by atoms with Gasteiger partial charge in [0.15, 0.2) is 5.78 Å². The lowest BCUT2D eigenvalue weighted by molar-refractivity contribution is 0.0980. The average Bonchev–Trinajstić information content (AvgIpc) is 2.16. The molecule has 0 saturated heterocycles. The van der Waals surface area contributed by atoms with Crippen molar-refractivity contribution < 1.29 is 4.79 Å². The Balaban J connectivity index is 2.70. The van der Waals surface area contributed by atoms with Gasteiger partial charge in [0.25, 0.3) is 0 Å². The summed E-state index contributed by atoms with van der Waals surface area (Å²) < 4.78 is 0. The largest absolute Gasteiger partial charge is 0.294 e. The number of benzene rings is 1. The number of ketones is 1. The van der Waals surface area contributed by atoms with Crippen molar-refractivity contribution in [2.75, 3.05) is 0 Å². The van der Waals surface area contributed by atoms with Gasteiger partial charge in [-0.15, -0.1) is 12.3 Å². The van der Waals surface area contributed by atoms with E-state index in [2.05, 4.69) is 12.0 Å². The van der Waals surface area contributed by atoms with Crippen molar-refractivity contribution in [3.63, 3.8) is 0 Å². The van der Waals surface area contributed by atoms with Gasteiger partial charge in [-0.2, -0.15) is 0 Å². The van der Waals surface area contributed by atoms with Crippen LogP contribution in [-0.2, 0) is 0 Å². The van der Waals surface area contributed by atoms with Crippen molar-refractivity contribution in [1.29, 1.82) is 0 Å². The van der Waals surface area contributed by atoms with Gasteiger partial charge in [0, 0.05) is 18.4 Å². The van der Waals surface area contributed by atoms with Crippen molar-refractivity contribution >= 4 is 5.78 Å². The van der Waals surface area contributed by atoms with E-state index in [-0.39, 0.29) is 5.78 Å². The topological polar surface area (TPSA) is 17.1 Å². The number of carbonyl (C=O) groups is 1. The second-order valence-corrected chi connectivity index (χ2v) is 3.86. The van der Waals surface area contributed by atoms with Crippen molar-refractivity contribution in [2.45, 2.75) is 33.1 Å². The van der Waals surface area contributed by atoms with Crippen LogP contribution in [0.3, 0.4) is 0 Å². The van der Waals surface area contributed by atoms with E-state index in [1.54, 1.807) is 0 Å². The van der Waals surface area contributed by atoms with E-state index in [4.69, 9.17) is 6.42 Å². The summed E-state index contributed by atoms with van der Waals surface area (Å²) in [7, 11) is 0. The molecule has 0 aromatic heterocycles. The van der Waals surface area contributed by atoms with E-state index in [1.807, 2.05) is 26.0 Å². The molecule has 1 heteroatoms. The molecule has 0 spiro atoms. The van der Waals surface area contributed by atoms with E-state index in [0.717, 1.165) is 23.1 Å². The van der Waals surface area contributed by atoms with Crippen LogP contribution >= 0.6 is 0 Å². The molecule has 78 valence electrons. The van der Waals surface area contributed by atoms with Crippen LogP contribution in [0.25, 0.3) is 0 Å². The van der Waals surface area contributed by atoms with Crippen LogP contribution in [0, 0.1) is 26.2 Å². The normalized spacial score (nSPS) is 9.67. The van der Waals surface area contributed by atoms with Crippen LogP contribution in [0.5, 0.6) is 0 Å². The van der Waals surface area contributed by atoms with Gasteiger partial charge in [-0.25, -0.2) is 0 Å². The zero-order valence-corrected chi connectivity index (χ0v) is 9.34. The lowest BCUT2D eigenvalue weighted by Crippen LogP contribution is -1.99. The smallest absolute Gasteiger partial charge is 0.162 e. The summed E-state index contributed by atoms with van der Waals surface area (Å²) in [5.74, 6) is 2.74. The molecule has 0 atom stereocenters. The molecule has 0 saturated carbocycles. The Kier molecular flexibility index (Phi) is 4.12. The Morgan fingerprint density at radius 3 is 2.40 bits per heavy atom. The minimum atomic E-state index is 0.192. The third-order valence-electron chi connectivity index (χ3n) is 2.27. The van der Waals surface area contributed by atoms with Gasteiger partial charge in [-0.1, -0.05) is 17.2 Å². The maximum absolute atomic E-state index is 11.8. The first-order chi connectivity index (χ1) is 7.13. The molecule has 0 aliphatic heterocycles. The Bertz CT molecular complexity index is 376. The number of carbonyl (C=O) groups excluding carboxylic acids is 1. The number of aryl methyl sites for hydroxylation is 2. The van der Waals surface area contributed by atoms with Crippen molar-refractivity contribution in [1.82, 2.24) is 0 Å². The van der Waals surface area contributed by atoms with E-state index >= 15 is 0 Å². The fraction of sp³-hybridized carbons (Fsp3) is 0.357. The summed E-state index contributed by atoms with van der Waals surface area (Å²) in [5.41, 5.74) is 3.08. The monoisotopic (exact) mass is 200 g/mol. The minimum Gasteiger partial charge on any atom is -0.294 e. The maximum Gasteiger partial charge on any atom is 0.162 e. The zero-order chi connectivity index (χ0) is 11.3. The summed E-state index contributed by atoms with van der Waals surface area (Å²) in [6, 6.07) is 5.94. The third-order valence-corrected chi connectivity index (χ3v) is 2.27. The highest BCUT2D eigenvalue weighted by atomic mass is 16.1. The number of unbranched alkanes of at least 4 members (excludes halogenated alkanes) is 1. The molecule has 0 aliphatic carbocycles. The van der Waals surface area contributed by atoms with E-state index < -0.39 is 0 Å². The molecule has 1 nitrogen and oxygen atoms in total. The van der Waals surface area contributed by atoms with Gasteiger partial charge in [0.1, 0.15) is 0 Å². The quantitative estimate of drug-likeness (QED) is 0.414. The van der Waals surface area contributed by atoms with Crippen LogP contribution in [0.1, 0.15) is 40.7 Å². The Hall–Kier alpha value is -1.55. The molecule has 0 radical (unpaired) electrons. The molecule has 0 heterocycles. The predicted octanol–water partition coefficient (Wildman–Crippen LogP) is 3.29. The van der Waals surface area contributed by atoms with Crippen molar-refractivity contribution in [3.05, 3.63) is 34.9 Å². The van der Waals surface area contributed by atoms with Gasteiger partial charge in [-0.3, -0.25) is 4.79 Å². The van der Waals surface area contributed by atoms with Crippen LogP contribution in [0.15, 0.2) is 18.2 Å². The number of hydrogen-bond donors (Lipinski definition) is 0. The van der Waals surface area contributed by atoms with Crippen molar-refractivity contribution in [3.8, 4) is 12.3 Å². The highest BCUT2D eigenvalue weighted by Gasteiger charge is 2.05. The second-order valence-electron chi connectivity index (χ2n) is 3.86. The minimum absolute atomic E-state index is 0.192. The number of rotatable bonds is 4. The molecule has 1 aromatic carbocycles. The molecule has 0 amide bonds. The fourth-order valence-electron chi connectivity index (χ4n) is 1.63. The molecule has 0 aliphatic rings. The fourth-order valence-corrected chi connectivity index (χ4v) is 1.63. The molecule has 15 heavy (non-hydrogen) atoms. The standard InChI is InChI=1S/C14H16O/c1-4-5-6-7-14(15)13-9-11(2)8-12(3)10-13/h1,8-10H,5-7H2,2-3H3. The second kappa shape index (κ2) is 5.36. The molecule has 1 rings (SSSR count). The van der Waals surface area contributed by atoms with Crippen LogP contribution in [0.2, 0.25) is 0 Å². The lowest BCUT2D eigenvalue weighted by atomic mass is 10.0. The highest BCUT2D eigenvalue weighted by Crippen LogP contribution is 2.12. The molecular weight excluding hydrogens is 184 g/mol. The summed E-state index contributed by atoms with van der Waals surface area (Å²) in [5, 5.41) is 0. The van der Waals surface area contributed by atoms with Crippen LogP contribution in [0.4, 0.5) is 0 Å². The Morgan fingerprint density at radius 2 is 1.87 bits per heavy atom. The lowest BCUT2D eigenvalue weighted by Gasteiger charge is -2.03. The SMILES string of the molecule is C#CCCCC(=O)c1cc(C)cc(C)c1. The maximum atomic E-state index is 11.8. The predicted molar refractivity (Wildman–Crippen MR) is 62.9 cm³/mol. The molecule has 0 fully saturated rings. The first-order valence-corrected chi connectivity index (χ1v) is 5.18. The summed E-state index contributed by atoms with van der Waals surface area (Å²) in [6.07, 6.45) is 7.15. The summed E-state index contributed by atoms with van der Waals surface area (Å²) in [6.45, 7) is 4.01. The average molecular weight is 200 g/mol. The molecule has 0 bridgehead atoms. The zero-order valence-electron chi connectivity index (χ0n) is 9.34. The first-order valence-electron chi connectivity index (χ1n) is 5.18. The highest BCUT2D eigenvalue weighted by molar-refractivity contribution is 5.96. The van der Waals surface area contributed by atoms with Gasteiger partial charge in [0.2, 0.25) is 0 Å². The van der Waals surface area contributed by atoms with E-state index in [1.165, 1.54) is 0 Å². The van der Waals surface area contributed by atoms with Gasteiger partial charge < -0.3 is 0 Å².